The molecule has 0 bridgehead atoms. The standard InChI is InChI=1S/C16H15N5O2S/c22-14-11-3-1-2-10-4-6-21(13(10)11)8-12(14)15(23)17-5-7-24-16-18-9-19-20-16/h1-3,8-9H,4-7H2,(H,17,23)(H,18,19,20). The van der Waals surface area contributed by atoms with Crippen LogP contribution in [0.1, 0.15) is 15.9 Å². The van der Waals surface area contributed by atoms with Crippen LogP contribution in [0, 0.1) is 0 Å². The third-order valence-corrected chi connectivity index (χ3v) is 4.95. The molecule has 0 atom stereocenters. The summed E-state index contributed by atoms with van der Waals surface area (Å²) >= 11 is 1.46. The van der Waals surface area contributed by atoms with Crippen LogP contribution >= 0.6 is 11.8 Å². The number of aromatic nitrogens is 4. The molecule has 1 aromatic carbocycles. The molecular formula is C16H15N5O2S. The number of carbonyl (C=O) groups is 1. The lowest BCUT2D eigenvalue weighted by Crippen LogP contribution is -2.31. The van der Waals surface area contributed by atoms with Crippen LogP contribution < -0.4 is 10.7 Å². The van der Waals surface area contributed by atoms with Crippen molar-refractivity contribution in [3.63, 3.8) is 0 Å². The number of aromatic amines is 1. The molecule has 2 aromatic heterocycles. The Morgan fingerprint density at radius 1 is 1.42 bits per heavy atom. The molecule has 8 heteroatoms. The molecular weight excluding hydrogens is 326 g/mol. The quantitative estimate of drug-likeness (QED) is 0.537. The van der Waals surface area contributed by atoms with Gasteiger partial charge in [-0.3, -0.25) is 14.7 Å². The molecule has 0 fully saturated rings. The van der Waals surface area contributed by atoms with E-state index in [0.717, 1.165) is 18.5 Å². The fourth-order valence-corrected chi connectivity index (χ4v) is 3.63. The molecule has 122 valence electrons. The van der Waals surface area contributed by atoms with Crippen LogP contribution in [0.3, 0.4) is 0 Å². The average Bonchev–Trinajstić information content (AvgIpc) is 3.25. The first-order valence-electron chi connectivity index (χ1n) is 7.65. The van der Waals surface area contributed by atoms with Gasteiger partial charge >= 0.3 is 0 Å². The second kappa shape index (κ2) is 6.12. The normalized spacial score (nSPS) is 12.7. The van der Waals surface area contributed by atoms with Crippen molar-refractivity contribution in [1.82, 2.24) is 25.1 Å². The number of nitrogens with one attached hydrogen (secondary N) is 2. The van der Waals surface area contributed by atoms with Gasteiger partial charge in [0.2, 0.25) is 5.43 Å². The Hall–Kier alpha value is -2.61. The fraction of sp³-hybridized carbons (Fsp3) is 0.250. The summed E-state index contributed by atoms with van der Waals surface area (Å²) in [7, 11) is 0. The van der Waals surface area contributed by atoms with Crippen LogP contribution in [0.4, 0.5) is 0 Å². The lowest BCUT2D eigenvalue weighted by atomic mass is 10.1. The molecule has 3 aromatic rings. The van der Waals surface area contributed by atoms with E-state index in [0.29, 0.717) is 22.8 Å². The van der Waals surface area contributed by atoms with Crippen molar-refractivity contribution < 1.29 is 4.79 Å². The van der Waals surface area contributed by atoms with Crippen molar-refractivity contribution in [2.45, 2.75) is 18.1 Å². The maximum atomic E-state index is 12.6. The van der Waals surface area contributed by atoms with E-state index in [1.165, 1.54) is 23.7 Å². The van der Waals surface area contributed by atoms with Gasteiger partial charge in [0.1, 0.15) is 11.9 Å². The molecule has 4 rings (SSSR count). The van der Waals surface area contributed by atoms with Gasteiger partial charge in [-0.15, -0.1) is 0 Å². The van der Waals surface area contributed by atoms with Crippen LogP contribution in [-0.4, -0.2) is 38.0 Å². The van der Waals surface area contributed by atoms with E-state index >= 15 is 0 Å². The number of para-hydroxylation sites is 1. The molecule has 24 heavy (non-hydrogen) atoms. The predicted molar refractivity (Wildman–Crippen MR) is 91.4 cm³/mol. The lowest BCUT2D eigenvalue weighted by Gasteiger charge is -2.09. The average molecular weight is 341 g/mol. The van der Waals surface area contributed by atoms with E-state index in [2.05, 4.69) is 20.5 Å². The van der Waals surface area contributed by atoms with E-state index in [-0.39, 0.29) is 16.9 Å². The number of pyridine rings is 1. The fourth-order valence-electron chi connectivity index (χ4n) is 2.99. The molecule has 0 unspecified atom stereocenters. The molecule has 3 heterocycles. The molecule has 0 radical (unpaired) electrons. The highest BCUT2D eigenvalue weighted by molar-refractivity contribution is 7.99. The number of carbonyl (C=O) groups excluding carboxylic acids is 1. The zero-order chi connectivity index (χ0) is 16.5. The number of H-pyrrole nitrogens is 1. The molecule has 0 aliphatic carbocycles. The summed E-state index contributed by atoms with van der Waals surface area (Å²) in [4.78, 5) is 29.0. The maximum absolute atomic E-state index is 12.6. The second-order valence-corrected chi connectivity index (χ2v) is 6.61. The summed E-state index contributed by atoms with van der Waals surface area (Å²) < 4.78 is 2.00. The third kappa shape index (κ3) is 2.58. The van der Waals surface area contributed by atoms with Crippen LogP contribution in [0.15, 0.2) is 40.7 Å². The van der Waals surface area contributed by atoms with Crippen molar-refractivity contribution in [3.8, 4) is 0 Å². The SMILES string of the molecule is O=C(NCCSc1ncn[nH]1)c1cn2c3c(cccc3c1=O)CC2. The van der Waals surface area contributed by atoms with Crippen LogP contribution in [0.25, 0.3) is 10.9 Å². The summed E-state index contributed by atoms with van der Waals surface area (Å²) in [6.45, 7) is 1.25. The summed E-state index contributed by atoms with van der Waals surface area (Å²) in [6, 6.07) is 5.70. The first-order chi connectivity index (χ1) is 11.7. The van der Waals surface area contributed by atoms with Crippen LogP contribution in [-0.2, 0) is 13.0 Å². The Kier molecular flexibility index (Phi) is 3.81. The summed E-state index contributed by atoms with van der Waals surface area (Å²) in [6.07, 6.45) is 4.02. The number of hydrogen-bond acceptors (Lipinski definition) is 5. The maximum Gasteiger partial charge on any atom is 0.256 e. The van der Waals surface area contributed by atoms with Crippen LogP contribution in [0.5, 0.6) is 0 Å². The van der Waals surface area contributed by atoms with E-state index < -0.39 is 0 Å². The number of thioether (sulfide) groups is 1. The van der Waals surface area contributed by atoms with E-state index in [1.807, 2.05) is 16.7 Å². The van der Waals surface area contributed by atoms with Gasteiger partial charge in [0.15, 0.2) is 5.16 Å². The molecule has 2 N–H and O–H groups in total. The smallest absolute Gasteiger partial charge is 0.256 e. The highest BCUT2D eigenvalue weighted by atomic mass is 32.2. The highest BCUT2D eigenvalue weighted by Crippen LogP contribution is 2.23. The minimum atomic E-state index is -0.332. The topological polar surface area (TPSA) is 92.7 Å². The van der Waals surface area contributed by atoms with Crippen molar-refractivity contribution in [2.75, 3.05) is 12.3 Å². The van der Waals surface area contributed by atoms with Gasteiger partial charge in [-0.2, -0.15) is 5.10 Å². The number of nitrogens with zero attached hydrogens (tertiary/aromatic N) is 3. The zero-order valence-electron chi connectivity index (χ0n) is 12.8. The van der Waals surface area contributed by atoms with Gasteiger partial charge in [0, 0.05) is 30.4 Å². The minimum Gasteiger partial charge on any atom is -0.351 e. The van der Waals surface area contributed by atoms with Crippen molar-refractivity contribution in [2.24, 2.45) is 0 Å². The largest absolute Gasteiger partial charge is 0.351 e. The number of benzene rings is 1. The Labute approximate surface area is 141 Å². The first-order valence-corrected chi connectivity index (χ1v) is 8.64. The number of amides is 1. The summed E-state index contributed by atoms with van der Waals surface area (Å²) in [5, 5.41) is 10.6. The van der Waals surface area contributed by atoms with Gasteiger partial charge in [-0.1, -0.05) is 23.9 Å². The zero-order valence-corrected chi connectivity index (χ0v) is 13.6. The van der Waals surface area contributed by atoms with E-state index in [1.54, 1.807) is 12.3 Å². The molecule has 0 saturated carbocycles. The monoisotopic (exact) mass is 341 g/mol. The van der Waals surface area contributed by atoms with Crippen LogP contribution in [0.2, 0.25) is 0 Å². The number of rotatable bonds is 5. The Morgan fingerprint density at radius 3 is 3.17 bits per heavy atom. The molecule has 0 spiro atoms. The van der Waals surface area contributed by atoms with Gasteiger partial charge in [0.05, 0.1) is 5.52 Å². The second-order valence-electron chi connectivity index (χ2n) is 5.52. The lowest BCUT2D eigenvalue weighted by molar-refractivity contribution is 0.0954. The van der Waals surface area contributed by atoms with Gasteiger partial charge in [-0.25, -0.2) is 4.98 Å². The summed E-state index contributed by atoms with van der Waals surface area (Å²) in [5.41, 5.74) is 2.12. The molecule has 1 aliphatic rings. The Balaban J connectivity index is 1.51. The third-order valence-electron chi connectivity index (χ3n) is 4.07. The Morgan fingerprint density at radius 2 is 2.33 bits per heavy atom. The molecule has 1 amide bonds. The van der Waals surface area contributed by atoms with Crippen molar-refractivity contribution in [3.05, 3.63) is 52.1 Å². The van der Waals surface area contributed by atoms with E-state index in [4.69, 9.17) is 0 Å². The van der Waals surface area contributed by atoms with Crippen molar-refractivity contribution in [1.29, 1.82) is 0 Å². The van der Waals surface area contributed by atoms with Crippen molar-refractivity contribution >= 4 is 28.6 Å². The van der Waals surface area contributed by atoms with E-state index in [9.17, 15) is 9.59 Å². The predicted octanol–water partition coefficient (Wildman–Crippen LogP) is 1.20. The number of aryl methyl sites for hydroxylation is 2. The van der Waals surface area contributed by atoms with Gasteiger partial charge < -0.3 is 9.88 Å². The minimum absolute atomic E-state index is 0.200. The first kappa shape index (κ1) is 14.9. The van der Waals surface area contributed by atoms with Gasteiger partial charge in [-0.05, 0) is 18.1 Å². The highest BCUT2D eigenvalue weighted by Gasteiger charge is 2.20. The molecule has 0 saturated heterocycles. The number of hydrogen-bond donors (Lipinski definition) is 2. The molecule has 1 aliphatic heterocycles. The summed E-state index contributed by atoms with van der Waals surface area (Å²) in [5.74, 6) is 0.313. The molecule has 7 nitrogen and oxygen atoms in total. The van der Waals surface area contributed by atoms with Gasteiger partial charge in [0.25, 0.3) is 5.91 Å². The Bertz CT molecular complexity index is 965.